The van der Waals surface area contributed by atoms with E-state index in [0.717, 1.165) is 31.7 Å². The average molecular weight is 262 g/mol. The van der Waals surface area contributed by atoms with E-state index >= 15 is 0 Å². The number of nitrogens with zero attached hydrogens (tertiary/aromatic N) is 2. The van der Waals surface area contributed by atoms with Crippen LogP contribution in [0.15, 0.2) is 12.3 Å². The van der Waals surface area contributed by atoms with E-state index in [0.29, 0.717) is 12.8 Å². The van der Waals surface area contributed by atoms with Gasteiger partial charge in [-0.3, -0.25) is 4.68 Å². The molecule has 1 aromatic heterocycles. The Balaban J connectivity index is 2.15. The zero-order valence-corrected chi connectivity index (χ0v) is 10.0. The molecule has 1 aromatic rings. The zero-order chi connectivity index (χ0) is 13.2. The highest BCUT2D eigenvalue weighted by Crippen LogP contribution is 2.30. The van der Waals surface area contributed by atoms with Crippen molar-refractivity contribution in [1.29, 1.82) is 0 Å². The minimum atomic E-state index is -4.42. The molecule has 18 heavy (non-hydrogen) atoms. The summed E-state index contributed by atoms with van der Waals surface area (Å²) in [6, 6.07) is 0.632. The lowest BCUT2D eigenvalue weighted by Gasteiger charge is -2.25. The predicted octanol–water partition coefficient (Wildman–Crippen LogP) is 3.16. The Labute approximate surface area is 104 Å². The van der Waals surface area contributed by atoms with E-state index < -0.39 is 18.0 Å². The summed E-state index contributed by atoms with van der Waals surface area (Å²) in [4.78, 5) is 0. The standard InChI is InChI=1S/C12H17F3N2O/c13-12(14,15)11-7-8-17(16-11)9-5-3-1-2-4-6-10(9)18/h7-10,18H,1-6H2. The summed E-state index contributed by atoms with van der Waals surface area (Å²) in [7, 11) is 0. The zero-order valence-electron chi connectivity index (χ0n) is 10.0. The maximum atomic E-state index is 12.5. The maximum Gasteiger partial charge on any atom is 0.435 e. The number of aliphatic hydroxyl groups excluding tert-OH is 1. The lowest BCUT2D eigenvalue weighted by atomic mass is 9.94. The van der Waals surface area contributed by atoms with Crippen molar-refractivity contribution in [3.05, 3.63) is 18.0 Å². The van der Waals surface area contributed by atoms with Crippen LogP contribution >= 0.6 is 0 Å². The van der Waals surface area contributed by atoms with Gasteiger partial charge in [0.1, 0.15) is 0 Å². The lowest BCUT2D eigenvalue weighted by molar-refractivity contribution is -0.141. The molecule has 0 radical (unpaired) electrons. The monoisotopic (exact) mass is 262 g/mol. The second-order valence-electron chi connectivity index (χ2n) is 4.81. The van der Waals surface area contributed by atoms with E-state index in [1.54, 1.807) is 0 Å². The highest BCUT2D eigenvalue weighted by Gasteiger charge is 2.34. The third-order valence-electron chi connectivity index (χ3n) is 3.43. The van der Waals surface area contributed by atoms with Gasteiger partial charge in [0.25, 0.3) is 0 Å². The van der Waals surface area contributed by atoms with Crippen molar-refractivity contribution in [2.75, 3.05) is 0 Å². The van der Waals surface area contributed by atoms with Crippen LogP contribution in [0.1, 0.15) is 50.3 Å². The number of aliphatic hydroxyl groups is 1. The van der Waals surface area contributed by atoms with Crippen molar-refractivity contribution < 1.29 is 18.3 Å². The molecule has 1 aliphatic carbocycles. The number of aromatic nitrogens is 2. The number of alkyl halides is 3. The van der Waals surface area contributed by atoms with Gasteiger partial charge >= 0.3 is 6.18 Å². The minimum Gasteiger partial charge on any atom is -0.391 e. The molecule has 2 atom stereocenters. The Morgan fingerprint density at radius 1 is 1.17 bits per heavy atom. The molecule has 0 aromatic carbocycles. The maximum absolute atomic E-state index is 12.5. The summed E-state index contributed by atoms with van der Waals surface area (Å²) in [6.07, 6.45) is 1.59. The number of hydrogen-bond acceptors (Lipinski definition) is 2. The number of rotatable bonds is 1. The topological polar surface area (TPSA) is 38.0 Å². The first-order valence-electron chi connectivity index (χ1n) is 6.29. The fourth-order valence-electron chi connectivity index (χ4n) is 2.43. The largest absolute Gasteiger partial charge is 0.435 e. The van der Waals surface area contributed by atoms with Crippen LogP contribution in [0.3, 0.4) is 0 Å². The fraction of sp³-hybridized carbons (Fsp3) is 0.750. The number of hydrogen-bond donors (Lipinski definition) is 1. The van der Waals surface area contributed by atoms with E-state index in [4.69, 9.17) is 0 Å². The Morgan fingerprint density at radius 2 is 1.83 bits per heavy atom. The lowest BCUT2D eigenvalue weighted by Crippen LogP contribution is -2.26. The molecule has 0 bridgehead atoms. The van der Waals surface area contributed by atoms with Gasteiger partial charge in [-0.05, 0) is 18.9 Å². The summed E-state index contributed by atoms with van der Waals surface area (Å²) >= 11 is 0. The molecule has 6 heteroatoms. The molecule has 1 N–H and O–H groups in total. The van der Waals surface area contributed by atoms with E-state index in [-0.39, 0.29) is 6.04 Å². The number of halogens is 3. The van der Waals surface area contributed by atoms with Gasteiger partial charge in [-0.2, -0.15) is 18.3 Å². The van der Waals surface area contributed by atoms with Crippen molar-refractivity contribution in [1.82, 2.24) is 9.78 Å². The molecule has 102 valence electrons. The van der Waals surface area contributed by atoms with Crippen molar-refractivity contribution in [3.8, 4) is 0 Å². The van der Waals surface area contributed by atoms with Gasteiger partial charge in [0.15, 0.2) is 5.69 Å². The first-order valence-corrected chi connectivity index (χ1v) is 6.29. The first kappa shape index (κ1) is 13.4. The summed E-state index contributed by atoms with van der Waals surface area (Å²) in [5.74, 6) is 0. The smallest absolute Gasteiger partial charge is 0.391 e. The molecular formula is C12H17F3N2O. The van der Waals surface area contributed by atoms with Crippen LogP contribution in [0.4, 0.5) is 13.2 Å². The Bertz CT molecular complexity index is 389. The van der Waals surface area contributed by atoms with Crippen molar-refractivity contribution in [2.45, 2.75) is 56.8 Å². The van der Waals surface area contributed by atoms with Gasteiger partial charge in [0, 0.05) is 6.20 Å². The van der Waals surface area contributed by atoms with Crippen LogP contribution in [0.2, 0.25) is 0 Å². The van der Waals surface area contributed by atoms with E-state index in [2.05, 4.69) is 5.10 Å². The predicted molar refractivity (Wildman–Crippen MR) is 60.0 cm³/mol. The van der Waals surface area contributed by atoms with Crippen molar-refractivity contribution in [3.63, 3.8) is 0 Å². The highest BCUT2D eigenvalue weighted by molar-refractivity contribution is 5.04. The third kappa shape index (κ3) is 3.04. The van der Waals surface area contributed by atoms with Gasteiger partial charge < -0.3 is 5.11 Å². The third-order valence-corrected chi connectivity index (χ3v) is 3.43. The molecule has 3 nitrogen and oxygen atoms in total. The van der Waals surface area contributed by atoms with Gasteiger partial charge in [0.05, 0.1) is 12.1 Å². The van der Waals surface area contributed by atoms with Crippen molar-refractivity contribution >= 4 is 0 Å². The van der Waals surface area contributed by atoms with Crippen LogP contribution in [0, 0.1) is 0 Å². The van der Waals surface area contributed by atoms with Crippen LogP contribution in [0.25, 0.3) is 0 Å². The van der Waals surface area contributed by atoms with Crippen LogP contribution < -0.4 is 0 Å². The van der Waals surface area contributed by atoms with E-state index in [1.165, 1.54) is 10.9 Å². The summed E-state index contributed by atoms with van der Waals surface area (Å²) < 4.78 is 38.7. The van der Waals surface area contributed by atoms with Gasteiger partial charge in [-0.15, -0.1) is 0 Å². The second-order valence-corrected chi connectivity index (χ2v) is 4.81. The molecule has 2 rings (SSSR count). The molecule has 0 amide bonds. The molecule has 1 aliphatic rings. The average Bonchev–Trinajstić information content (AvgIpc) is 2.72. The molecule has 1 fully saturated rings. The SMILES string of the molecule is OC1CCCCCCC1n1ccc(C(F)(F)F)n1. The van der Waals surface area contributed by atoms with Crippen LogP contribution in [-0.4, -0.2) is 21.0 Å². The fourth-order valence-corrected chi connectivity index (χ4v) is 2.43. The molecule has 2 unspecified atom stereocenters. The van der Waals surface area contributed by atoms with Gasteiger partial charge in [-0.25, -0.2) is 0 Å². The van der Waals surface area contributed by atoms with Gasteiger partial charge in [0.2, 0.25) is 0 Å². The van der Waals surface area contributed by atoms with E-state index in [9.17, 15) is 18.3 Å². The molecule has 0 saturated heterocycles. The summed E-state index contributed by atoms with van der Waals surface area (Å²) in [5, 5.41) is 13.6. The van der Waals surface area contributed by atoms with E-state index in [1.807, 2.05) is 0 Å². The van der Waals surface area contributed by atoms with Crippen molar-refractivity contribution in [2.24, 2.45) is 0 Å². The highest BCUT2D eigenvalue weighted by atomic mass is 19.4. The van der Waals surface area contributed by atoms with Gasteiger partial charge in [-0.1, -0.05) is 25.7 Å². The second kappa shape index (κ2) is 5.30. The summed E-state index contributed by atoms with van der Waals surface area (Å²) in [6.45, 7) is 0. The summed E-state index contributed by atoms with van der Waals surface area (Å²) in [5.41, 5.74) is -0.892. The Hall–Kier alpha value is -1.04. The minimum absolute atomic E-state index is 0.332. The Morgan fingerprint density at radius 3 is 2.44 bits per heavy atom. The molecule has 1 heterocycles. The molecule has 1 saturated carbocycles. The molecule has 0 aliphatic heterocycles. The molecule has 0 spiro atoms. The van der Waals surface area contributed by atoms with Crippen LogP contribution in [0.5, 0.6) is 0 Å². The normalized spacial score (nSPS) is 26.7. The molecular weight excluding hydrogens is 245 g/mol. The first-order chi connectivity index (χ1) is 8.48. The van der Waals surface area contributed by atoms with Crippen LogP contribution in [-0.2, 0) is 6.18 Å². The Kier molecular flexibility index (Phi) is 3.94. The quantitative estimate of drug-likeness (QED) is 0.844.